The van der Waals surface area contributed by atoms with Crippen molar-refractivity contribution in [2.24, 2.45) is 5.92 Å². The van der Waals surface area contributed by atoms with E-state index in [1.54, 1.807) is 0 Å². The van der Waals surface area contributed by atoms with Gasteiger partial charge < -0.3 is 9.47 Å². The molecule has 114 valence electrons. The first kappa shape index (κ1) is 14.6. The minimum absolute atomic E-state index is 0.581. The smallest absolute Gasteiger partial charge is 0.141 e. The summed E-state index contributed by atoms with van der Waals surface area (Å²) in [7, 11) is 4.12. The fourth-order valence-electron chi connectivity index (χ4n) is 2.75. The molecule has 0 aliphatic carbocycles. The summed E-state index contributed by atoms with van der Waals surface area (Å²) >= 11 is 0. The molecule has 3 aromatic rings. The molecule has 3 rings (SSSR count). The summed E-state index contributed by atoms with van der Waals surface area (Å²) in [6.07, 6.45) is 0. The predicted octanol–water partition coefficient (Wildman–Crippen LogP) is 4.43. The van der Waals surface area contributed by atoms with Crippen LogP contribution >= 0.6 is 0 Å². The van der Waals surface area contributed by atoms with E-state index in [1.165, 1.54) is 16.8 Å². The minimum atomic E-state index is 0.581. The molecule has 22 heavy (non-hydrogen) atoms. The van der Waals surface area contributed by atoms with E-state index >= 15 is 0 Å². The van der Waals surface area contributed by atoms with E-state index in [4.69, 9.17) is 4.98 Å². The number of aromatic nitrogens is 2. The molecule has 0 unspecified atom stereocenters. The van der Waals surface area contributed by atoms with Gasteiger partial charge in [-0.2, -0.15) is 0 Å². The summed E-state index contributed by atoms with van der Waals surface area (Å²) in [6.45, 7) is 5.46. The van der Waals surface area contributed by atoms with Crippen molar-refractivity contribution in [3.8, 4) is 11.4 Å². The highest BCUT2D eigenvalue weighted by Crippen LogP contribution is 2.27. The van der Waals surface area contributed by atoms with Crippen molar-refractivity contribution in [3.05, 3.63) is 48.5 Å². The van der Waals surface area contributed by atoms with Gasteiger partial charge in [-0.15, -0.1) is 0 Å². The summed E-state index contributed by atoms with van der Waals surface area (Å²) < 4.78 is 2.34. The Hall–Kier alpha value is -2.29. The molecule has 2 aromatic carbocycles. The molecular formula is C19H23N3. The summed E-state index contributed by atoms with van der Waals surface area (Å²) in [5, 5.41) is 0. The van der Waals surface area contributed by atoms with Gasteiger partial charge in [-0.25, -0.2) is 4.98 Å². The molecule has 0 saturated heterocycles. The second-order valence-electron chi connectivity index (χ2n) is 6.37. The Balaban J connectivity index is 2.12. The Kier molecular flexibility index (Phi) is 3.88. The SMILES string of the molecule is CC(C)Cn1c(-c2ccc(N(C)C)cc2)nc2ccccc21. The van der Waals surface area contributed by atoms with Gasteiger partial charge in [0.25, 0.3) is 0 Å². The van der Waals surface area contributed by atoms with Crippen molar-refractivity contribution in [1.29, 1.82) is 0 Å². The largest absolute Gasteiger partial charge is 0.378 e. The third kappa shape index (κ3) is 2.71. The second-order valence-corrected chi connectivity index (χ2v) is 6.37. The molecule has 3 heteroatoms. The van der Waals surface area contributed by atoms with E-state index in [9.17, 15) is 0 Å². The standard InChI is InChI=1S/C19H23N3/c1-14(2)13-22-18-8-6-5-7-17(18)20-19(22)15-9-11-16(12-10-15)21(3)4/h5-12,14H,13H2,1-4H3. The third-order valence-corrected chi connectivity index (χ3v) is 3.84. The first-order valence-electron chi connectivity index (χ1n) is 7.79. The Morgan fingerprint density at radius 3 is 2.32 bits per heavy atom. The molecule has 0 saturated carbocycles. The first-order chi connectivity index (χ1) is 10.6. The van der Waals surface area contributed by atoms with Crippen LogP contribution < -0.4 is 4.90 Å². The van der Waals surface area contributed by atoms with E-state index in [2.05, 4.69) is 79.9 Å². The maximum atomic E-state index is 4.86. The molecule has 0 amide bonds. The van der Waals surface area contributed by atoms with Crippen LogP contribution in [-0.4, -0.2) is 23.6 Å². The third-order valence-electron chi connectivity index (χ3n) is 3.84. The van der Waals surface area contributed by atoms with Gasteiger partial charge in [-0.3, -0.25) is 0 Å². The van der Waals surface area contributed by atoms with Crippen molar-refractivity contribution in [1.82, 2.24) is 9.55 Å². The van der Waals surface area contributed by atoms with Crippen LogP contribution in [0.25, 0.3) is 22.4 Å². The van der Waals surface area contributed by atoms with Gasteiger partial charge >= 0.3 is 0 Å². The number of rotatable bonds is 4. The molecule has 0 fully saturated rings. The fraction of sp³-hybridized carbons (Fsp3) is 0.316. The zero-order valence-electron chi connectivity index (χ0n) is 13.7. The highest BCUT2D eigenvalue weighted by atomic mass is 15.1. The van der Waals surface area contributed by atoms with Crippen LogP contribution in [-0.2, 0) is 6.54 Å². The Labute approximate surface area is 132 Å². The van der Waals surface area contributed by atoms with Gasteiger partial charge in [0.15, 0.2) is 0 Å². The van der Waals surface area contributed by atoms with E-state index in [0.29, 0.717) is 5.92 Å². The van der Waals surface area contributed by atoms with Gasteiger partial charge in [0.2, 0.25) is 0 Å². The highest BCUT2D eigenvalue weighted by molar-refractivity contribution is 5.80. The number of para-hydroxylation sites is 2. The number of benzene rings is 2. The highest BCUT2D eigenvalue weighted by Gasteiger charge is 2.13. The van der Waals surface area contributed by atoms with Gasteiger partial charge in [-0.1, -0.05) is 26.0 Å². The van der Waals surface area contributed by atoms with Crippen molar-refractivity contribution in [2.75, 3.05) is 19.0 Å². The van der Waals surface area contributed by atoms with Gasteiger partial charge in [-0.05, 0) is 42.3 Å². The van der Waals surface area contributed by atoms with Crippen molar-refractivity contribution >= 4 is 16.7 Å². The minimum Gasteiger partial charge on any atom is -0.378 e. The molecule has 0 atom stereocenters. The number of imidazole rings is 1. The van der Waals surface area contributed by atoms with Crippen LogP contribution in [0.3, 0.4) is 0 Å². The maximum absolute atomic E-state index is 4.86. The summed E-state index contributed by atoms with van der Waals surface area (Å²) in [6, 6.07) is 17.0. The lowest BCUT2D eigenvalue weighted by molar-refractivity contribution is 0.536. The van der Waals surface area contributed by atoms with Crippen LogP contribution in [0.5, 0.6) is 0 Å². The topological polar surface area (TPSA) is 21.1 Å². The molecule has 0 radical (unpaired) electrons. The molecule has 0 spiro atoms. The molecule has 0 N–H and O–H groups in total. The lowest BCUT2D eigenvalue weighted by atomic mass is 10.1. The second kappa shape index (κ2) is 5.84. The first-order valence-corrected chi connectivity index (χ1v) is 7.79. The maximum Gasteiger partial charge on any atom is 0.141 e. The zero-order chi connectivity index (χ0) is 15.7. The fourth-order valence-corrected chi connectivity index (χ4v) is 2.75. The van der Waals surface area contributed by atoms with Crippen molar-refractivity contribution < 1.29 is 0 Å². The lowest BCUT2D eigenvalue weighted by Crippen LogP contribution is -2.08. The molecular weight excluding hydrogens is 270 g/mol. The normalized spacial score (nSPS) is 11.3. The Bertz CT molecular complexity index is 767. The van der Waals surface area contributed by atoms with Crippen molar-refractivity contribution in [3.63, 3.8) is 0 Å². The molecule has 1 aromatic heterocycles. The molecule has 1 heterocycles. The number of anilines is 1. The van der Waals surface area contributed by atoms with Gasteiger partial charge in [0.1, 0.15) is 5.82 Å². The Morgan fingerprint density at radius 2 is 1.68 bits per heavy atom. The van der Waals surface area contributed by atoms with E-state index < -0.39 is 0 Å². The van der Waals surface area contributed by atoms with E-state index in [1.807, 2.05) is 6.07 Å². The summed E-state index contributed by atoms with van der Waals surface area (Å²) in [5.41, 5.74) is 4.65. The average Bonchev–Trinajstić information content (AvgIpc) is 2.86. The van der Waals surface area contributed by atoms with Gasteiger partial charge in [0.05, 0.1) is 11.0 Å². The van der Waals surface area contributed by atoms with Gasteiger partial charge in [0, 0.05) is 31.9 Å². The van der Waals surface area contributed by atoms with Crippen LogP contribution in [0.2, 0.25) is 0 Å². The van der Waals surface area contributed by atoms with E-state index in [-0.39, 0.29) is 0 Å². The average molecular weight is 293 g/mol. The molecule has 3 nitrogen and oxygen atoms in total. The van der Waals surface area contributed by atoms with Crippen molar-refractivity contribution in [2.45, 2.75) is 20.4 Å². The number of hydrogen-bond donors (Lipinski definition) is 0. The summed E-state index contributed by atoms with van der Waals surface area (Å²) in [4.78, 5) is 6.97. The Morgan fingerprint density at radius 1 is 1.00 bits per heavy atom. The predicted molar refractivity (Wildman–Crippen MR) is 94.3 cm³/mol. The van der Waals surface area contributed by atoms with Crippen LogP contribution in [0.15, 0.2) is 48.5 Å². The van der Waals surface area contributed by atoms with E-state index in [0.717, 1.165) is 17.9 Å². The molecule has 0 bridgehead atoms. The quantitative estimate of drug-likeness (QED) is 0.709. The lowest BCUT2D eigenvalue weighted by Gasteiger charge is -2.14. The monoisotopic (exact) mass is 293 g/mol. The number of nitrogens with zero attached hydrogens (tertiary/aromatic N) is 3. The number of fused-ring (bicyclic) bond motifs is 1. The molecule has 0 aliphatic heterocycles. The zero-order valence-corrected chi connectivity index (χ0v) is 13.7. The van der Waals surface area contributed by atoms with Crippen LogP contribution in [0, 0.1) is 5.92 Å². The molecule has 0 aliphatic rings. The number of hydrogen-bond acceptors (Lipinski definition) is 2. The van der Waals surface area contributed by atoms with Crippen LogP contribution in [0.1, 0.15) is 13.8 Å². The summed E-state index contributed by atoms with van der Waals surface area (Å²) in [5.74, 6) is 1.64. The van der Waals surface area contributed by atoms with Crippen LogP contribution in [0.4, 0.5) is 5.69 Å².